The number of para-hydroxylation sites is 1. The molecular formula is C14H16N2O2. The maximum atomic E-state index is 11.2. The Hall–Kier alpha value is -1.81. The zero-order chi connectivity index (χ0) is 12.7. The highest BCUT2D eigenvalue weighted by atomic mass is 16.4. The van der Waals surface area contributed by atoms with E-state index < -0.39 is 12.0 Å². The first-order chi connectivity index (χ1) is 8.70. The SMILES string of the molecule is CCC1N[C@@H](C(=O)O)Cc2c1[nH]c1ccccc21. The van der Waals surface area contributed by atoms with Crippen LogP contribution in [0.3, 0.4) is 0 Å². The normalized spacial score (nSPS) is 22.9. The second-order valence-electron chi connectivity index (χ2n) is 4.79. The van der Waals surface area contributed by atoms with Gasteiger partial charge in [-0.1, -0.05) is 25.1 Å². The fourth-order valence-electron chi connectivity index (χ4n) is 2.81. The molecule has 0 saturated heterocycles. The summed E-state index contributed by atoms with van der Waals surface area (Å²) in [5.41, 5.74) is 3.40. The van der Waals surface area contributed by atoms with Crippen molar-refractivity contribution >= 4 is 16.9 Å². The molecule has 0 spiro atoms. The maximum absolute atomic E-state index is 11.2. The van der Waals surface area contributed by atoms with E-state index in [-0.39, 0.29) is 6.04 Å². The van der Waals surface area contributed by atoms with E-state index in [1.807, 2.05) is 18.2 Å². The van der Waals surface area contributed by atoms with Crippen molar-refractivity contribution in [2.75, 3.05) is 0 Å². The van der Waals surface area contributed by atoms with Crippen LogP contribution in [0.5, 0.6) is 0 Å². The molecule has 2 heterocycles. The molecular weight excluding hydrogens is 228 g/mol. The minimum Gasteiger partial charge on any atom is -0.480 e. The van der Waals surface area contributed by atoms with Gasteiger partial charge in [-0.05, 0) is 18.1 Å². The standard InChI is InChI=1S/C14H16N2O2/c1-2-10-13-9(7-12(15-10)14(17)18)8-5-3-4-6-11(8)16-13/h3-6,10,12,15-16H,2,7H2,1H3,(H,17,18)/t10?,12-/m1/s1. The molecule has 94 valence electrons. The molecule has 1 aromatic carbocycles. The third-order valence-electron chi connectivity index (χ3n) is 3.71. The molecule has 1 unspecified atom stereocenters. The van der Waals surface area contributed by atoms with Crippen LogP contribution in [0.25, 0.3) is 10.9 Å². The molecule has 1 aliphatic rings. The third kappa shape index (κ3) is 1.61. The zero-order valence-electron chi connectivity index (χ0n) is 10.2. The van der Waals surface area contributed by atoms with Gasteiger partial charge in [-0.3, -0.25) is 10.1 Å². The average Bonchev–Trinajstić information content (AvgIpc) is 2.76. The number of carbonyl (C=O) groups is 1. The van der Waals surface area contributed by atoms with Crippen LogP contribution in [0.4, 0.5) is 0 Å². The molecule has 0 amide bonds. The number of carboxylic acids is 1. The van der Waals surface area contributed by atoms with Gasteiger partial charge in [0.2, 0.25) is 0 Å². The van der Waals surface area contributed by atoms with Crippen molar-refractivity contribution < 1.29 is 9.90 Å². The van der Waals surface area contributed by atoms with Gasteiger partial charge in [0.1, 0.15) is 6.04 Å². The van der Waals surface area contributed by atoms with E-state index >= 15 is 0 Å². The van der Waals surface area contributed by atoms with Crippen LogP contribution in [0, 0.1) is 0 Å². The molecule has 0 bridgehead atoms. The summed E-state index contributed by atoms with van der Waals surface area (Å²) in [5.74, 6) is -0.774. The molecule has 2 aromatic rings. The topological polar surface area (TPSA) is 65.1 Å². The van der Waals surface area contributed by atoms with Crippen molar-refractivity contribution in [2.24, 2.45) is 0 Å². The Morgan fingerprint density at radius 1 is 1.44 bits per heavy atom. The largest absolute Gasteiger partial charge is 0.480 e. The van der Waals surface area contributed by atoms with E-state index in [1.165, 1.54) is 0 Å². The molecule has 2 atom stereocenters. The van der Waals surface area contributed by atoms with Crippen LogP contribution in [0.1, 0.15) is 30.6 Å². The maximum Gasteiger partial charge on any atom is 0.321 e. The molecule has 0 fully saturated rings. The summed E-state index contributed by atoms with van der Waals surface area (Å²) < 4.78 is 0. The van der Waals surface area contributed by atoms with Gasteiger partial charge in [0.25, 0.3) is 0 Å². The zero-order valence-corrected chi connectivity index (χ0v) is 10.2. The lowest BCUT2D eigenvalue weighted by atomic mass is 9.93. The summed E-state index contributed by atoms with van der Waals surface area (Å²) in [6, 6.07) is 7.70. The quantitative estimate of drug-likeness (QED) is 0.759. The lowest BCUT2D eigenvalue weighted by molar-refractivity contribution is -0.139. The number of carboxylic acid groups (broad SMARTS) is 1. The molecule has 4 heteroatoms. The molecule has 18 heavy (non-hydrogen) atoms. The van der Waals surface area contributed by atoms with Gasteiger partial charge in [0.05, 0.1) is 0 Å². The number of hydrogen-bond donors (Lipinski definition) is 3. The number of benzene rings is 1. The van der Waals surface area contributed by atoms with Gasteiger partial charge in [-0.25, -0.2) is 0 Å². The Morgan fingerprint density at radius 3 is 2.94 bits per heavy atom. The molecule has 1 aromatic heterocycles. The molecule has 3 N–H and O–H groups in total. The Kier molecular flexibility index (Phi) is 2.59. The monoisotopic (exact) mass is 244 g/mol. The summed E-state index contributed by atoms with van der Waals surface area (Å²) >= 11 is 0. The second kappa shape index (κ2) is 4.14. The van der Waals surface area contributed by atoms with Crippen LogP contribution in [-0.4, -0.2) is 22.1 Å². The van der Waals surface area contributed by atoms with Crippen molar-refractivity contribution in [1.29, 1.82) is 0 Å². The minimum atomic E-state index is -0.774. The molecule has 0 aliphatic carbocycles. The van der Waals surface area contributed by atoms with Crippen LogP contribution < -0.4 is 5.32 Å². The van der Waals surface area contributed by atoms with Gasteiger partial charge in [0.15, 0.2) is 0 Å². The van der Waals surface area contributed by atoms with Gasteiger partial charge in [0, 0.05) is 29.1 Å². The van der Waals surface area contributed by atoms with Crippen molar-refractivity contribution in [3.63, 3.8) is 0 Å². The Balaban J connectivity index is 2.15. The average molecular weight is 244 g/mol. The number of aliphatic carboxylic acids is 1. The Labute approximate surface area is 105 Å². The van der Waals surface area contributed by atoms with Crippen molar-refractivity contribution in [2.45, 2.75) is 31.8 Å². The van der Waals surface area contributed by atoms with Crippen LogP contribution >= 0.6 is 0 Å². The Morgan fingerprint density at radius 2 is 2.22 bits per heavy atom. The summed E-state index contributed by atoms with van der Waals surface area (Å²) in [7, 11) is 0. The van der Waals surface area contributed by atoms with E-state index in [1.54, 1.807) is 0 Å². The lowest BCUT2D eigenvalue weighted by Crippen LogP contribution is -2.44. The van der Waals surface area contributed by atoms with Crippen molar-refractivity contribution in [3.05, 3.63) is 35.5 Å². The van der Waals surface area contributed by atoms with Crippen LogP contribution in [-0.2, 0) is 11.2 Å². The van der Waals surface area contributed by atoms with E-state index in [2.05, 4.69) is 23.3 Å². The van der Waals surface area contributed by atoms with Crippen molar-refractivity contribution in [3.8, 4) is 0 Å². The third-order valence-corrected chi connectivity index (χ3v) is 3.71. The van der Waals surface area contributed by atoms with Gasteiger partial charge in [-0.2, -0.15) is 0 Å². The highest BCUT2D eigenvalue weighted by molar-refractivity contribution is 5.86. The lowest BCUT2D eigenvalue weighted by Gasteiger charge is -2.28. The number of nitrogens with one attached hydrogen (secondary N) is 2. The number of fused-ring (bicyclic) bond motifs is 3. The van der Waals surface area contributed by atoms with Crippen LogP contribution in [0.15, 0.2) is 24.3 Å². The number of hydrogen-bond acceptors (Lipinski definition) is 2. The number of aromatic nitrogens is 1. The minimum absolute atomic E-state index is 0.0993. The highest BCUT2D eigenvalue weighted by Crippen LogP contribution is 2.32. The number of H-pyrrole nitrogens is 1. The second-order valence-corrected chi connectivity index (χ2v) is 4.79. The molecule has 0 saturated carbocycles. The molecule has 3 rings (SSSR count). The first-order valence-corrected chi connectivity index (χ1v) is 6.29. The number of aromatic amines is 1. The first-order valence-electron chi connectivity index (χ1n) is 6.29. The van der Waals surface area contributed by atoms with Gasteiger partial charge < -0.3 is 10.1 Å². The van der Waals surface area contributed by atoms with E-state index in [9.17, 15) is 9.90 Å². The summed E-state index contributed by atoms with van der Waals surface area (Å²) in [6.45, 7) is 2.07. The van der Waals surface area contributed by atoms with E-state index in [4.69, 9.17) is 0 Å². The van der Waals surface area contributed by atoms with Gasteiger partial charge >= 0.3 is 5.97 Å². The molecule has 4 nitrogen and oxygen atoms in total. The fraction of sp³-hybridized carbons (Fsp3) is 0.357. The highest BCUT2D eigenvalue weighted by Gasteiger charge is 2.31. The van der Waals surface area contributed by atoms with Crippen molar-refractivity contribution in [1.82, 2.24) is 10.3 Å². The Bertz CT molecular complexity index is 603. The summed E-state index contributed by atoms with van der Waals surface area (Å²) in [6.07, 6.45) is 1.43. The molecule has 0 radical (unpaired) electrons. The fourth-order valence-corrected chi connectivity index (χ4v) is 2.81. The molecule has 1 aliphatic heterocycles. The van der Waals surface area contributed by atoms with E-state index in [0.29, 0.717) is 6.42 Å². The van der Waals surface area contributed by atoms with Crippen LogP contribution in [0.2, 0.25) is 0 Å². The van der Waals surface area contributed by atoms with Gasteiger partial charge in [-0.15, -0.1) is 0 Å². The number of rotatable bonds is 2. The first kappa shape index (κ1) is 11.3. The summed E-state index contributed by atoms with van der Waals surface area (Å²) in [4.78, 5) is 14.6. The predicted molar refractivity (Wildman–Crippen MR) is 69.6 cm³/mol. The van der Waals surface area contributed by atoms with E-state index in [0.717, 1.165) is 28.6 Å². The predicted octanol–water partition coefficient (Wildman–Crippen LogP) is 2.22. The summed E-state index contributed by atoms with van der Waals surface area (Å²) in [5, 5.41) is 13.6. The smallest absolute Gasteiger partial charge is 0.321 e.